The summed E-state index contributed by atoms with van der Waals surface area (Å²) in [5.74, 6) is 0.209. The average molecular weight is 272 g/mol. The Balaban J connectivity index is 2.67. The molecule has 1 heterocycles. The quantitative estimate of drug-likeness (QED) is 0.822. The fraction of sp³-hybridized carbons (Fsp3) is 0.692. The van der Waals surface area contributed by atoms with Crippen LogP contribution in [-0.4, -0.2) is 30.5 Å². The van der Waals surface area contributed by atoms with Gasteiger partial charge in [0, 0.05) is 25.0 Å². The molecule has 0 atom stereocenters. The molecule has 0 unspecified atom stereocenters. The molecule has 104 valence electrons. The van der Waals surface area contributed by atoms with E-state index in [1.807, 2.05) is 17.7 Å². The van der Waals surface area contributed by atoms with Gasteiger partial charge in [0.25, 0.3) is 0 Å². The van der Waals surface area contributed by atoms with Crippen molar-refractivity contribution in [1.29, 1.82) is 0 Å². The van der Waals surface area contributed by atoms with E-state index in [2.05, 4.69) is 18.3 Å². The van der Waals surface area contributed by atoms with E-state index >= 15 is 0 Å². The molecule has 0 aliphatic heterocycles. The zero-order chi connectivity index (χ0) is 13.8. The van der Waals surface area contributed by atoms with Crippen LogP contribution in [0.5, 0.6) is 0 Å². The summed E-state index contributed by atoms with van der Waals surface area (Å²) >= 11 is 0. The third kappa shape index (κ3) is 3.85. The first-order valence-electron chi connectivity index (χ1n) is 6.45. The lowest BCUT2D eigenvalue weighted by molar-refractivity contribution is 0.579. The van der Waals surface area contributed by atoms with Crippen LogP contribution in [0.2, 0.25) is 0 Å². The lowest BCUT2D eigenvalue weighted by Crippen LogP contribution is -2.21. The molecule has 1 aromatic rings. The highest BCUT2D eigenvalue weighted by molar-refractivity contribution is 7.91. The van der Waals surface area contributed by atoms with Gasteiger partial charge < -0.3 is 9.88 Å². The zero-order valence-corrected chi connectivity index (χ0v) is 12.5. The monoisotopic (exact) mass is 272 g/mol. The van der Waals surface area contributed by atoms with Gasteiger partial charge in [0.1, 0.15) is 0 Å². The predicted molar refractivity (Wildman–Crippen MR) is 75.5 cm³/mol. The van der Waals surface area contributed by atoms with Gasteiger partial charge in [-0.05, 0) is 38.9 Å². The van der Waals surface area contributed by atoms with Crippen LogP contribution in [0.25, 0.3) is 0 Å². The molecule has 0 saturated carbocycles. The molecule has 0 fully saturated rings. The Kier molecular flexibility index (Phi) is 5.41. The van der Waals surface area contributed by atoms with Gasteiger partial charge in [-0.15, -0.1) is 0 Å². The topological polar surface area (TPSA) is 51.1 Å². The van der Waals surface area contributed by atoms with Gasteiger partial charge >= 0.3 is 0 Å². The number of aryl methyl sites for hydroxylation is 1. The van der Waals surface area contributed by atoms with Crippen LogP contribution in [-0.2, 0) is 22.9 Å². The van der Waals surface area contributed by atoms with E-state index < -0.39 is 9.84 Å². The van der Waals surface area contributed by atoms with Crippen molar-refractivity contribution in [2.45, 2.75) is 46.0 Å². The second kappa shape index (κ2) is 6.38. The molecule has 0 radical (unpaired) electrons. The molecular formula is C13H24N2O2S. The summed E-state index contributed by atoms with van der Waals surface area (Å²) < 4.78 is 25.6. The Hall–Kier alpha value is -0.810. The van der Waals surface area contributed by atoms with Crippen molar-refractivity contribution in [3.05, 3.63) is 23.5 Å². The molecule has 4 nitrogen and oxygen atoms in total. The maximum Gasteiger partial charge on any atom is 0.154 e. The van der Waals surface area contributed by atoms with Crippen LogP contribution in [0.3, 0.4) is 0 Å². The van der Waals surface area contributed by atoms with E-state index in [1.165, 1.54) is 5.56 Å². The summed E-state index contributed by atoms with van der Waals surface area (Å²) in [5.41, 5.74) is 2.38. The molecule has 1 rings (SSSR count). The minimum atomic E-state index is -2.96. The van der Waals surface area contributed by atoms with E-state index in [4.69, 9.17) is 0 Å². The van der Waals surface area contributed by atoms with Crippen LogP contribution in [0.1, 0.15) is 32.0 Å². The van der Waals surface area contributed by atoms with Crippen molar-refractivity contribution in [2.24, 2.45) is 0 Å². The Bertz CT molecular complexity index is 475. The third-order valence-electron chi connectivity index (χ3n) is 3.25. The van der Waals surface area contributed by atoms with Crippen molar-refractivity contribution in [1.82, 2.24) is 9.88 Å². The van der Waals surface area contributed by atoms with Gasteiger partial charge in [0.05, 0.1) is 11.0 Å². The van der Waals surface area contributed by atoms with Gasteiger partial charge in [0.15, 0.2) is 9.84 Å². The number of nitrogens with one attached hydrogen (secondary N) is 1. The number of hydrogen-bond acceptors (Lipinski definition) is 3. The van der Waals surface area contributed by atoms with Crippen molar-refractivity contribution in [2.75, 3.05) is 12.3 Å². The van der Waals surface area contributed by atoms with Crippen LogP contribution in [0.15, 0.2) is 12.3 Å². The van der Waals surface area contributed by atoms with E-state index in [0.29, 0.717) is 6.54 Å². The maximum atomic E-state index is 11.8. The second-order valence-electron chi connectivity index (χ2n) is 4.82. The highest BCUT2D eigenvalue weighted by atomic mass is 32.2. The van der Waals surface area contributed by atoms with Crippen molar-refractivity contribution < 1.29 is 8.42 Å². The minimum Gasteiger partial charge on any atom is -0.350 e. The van der Waals surface area contributed by atoms with E-state index in [-0.39, 0.29) is 11.0 Å². The summed E-state index contributed by atoms with van der Waals surface area (Å²) in [7, 11) is -2.96. The fourth-order valence-electron chi connectivity index (χ4n) is 1.75. The Labute approximate surface area is 110 Å². The van der Waals surface area contributed by atoms with Crippen LogP contribution >= 0.6 is 0 Å². The number of nitrogens with zero attached hydrogens (tertiary/aromatic N) is 1. The maximum absolute atomic E-state index is 11.8. The van der Waals surface area contributed by atoms with Gasteiger partial charge in [-0.3, -0.25) is 0 Å². The number of rotatable bonds is 7. The molecule has 5 heteroatoms. The molecule has 1 aromatic heterocycles. The summed E-state index contributed by atoms with van der Waals surface area (Å²) in [6.07, 6.45) is 1.97. The SMILES string of the molecule is CCNCc1ccn(CCS(=O)(=O)C(C)C)c1C. The smallest absolute Gasteiger partial charge is 0.154 e. The predicted octanol–water partition coefficient (Wildman–Crippen LogP) is 1.73. The lowest BCUT2D eigenvalue weighted by atomic mass is 10.2. The summed E-state index contributed by atoms with van der Waals surface area (Å²) in [5, 5.41) is 2.98. The molecule has 0 spiro atoms. The Morgan fingerprint density at radius 2 is 2.06 bits per heavy atom. The number of aromatic nitrogens is 1. The van der Waals surface area contributed by atoms with Crippen LogP contribution in [0, 0.1) is 6.92 Å². The molecule has 0 aliphatic carbocycles. The molecule has 0 aromatic carbocycles. The highest BCUT2D eigenvalue weighted by Crippen LogP contribution is 2.11. The first-order valence-corrected chi connectivity index (χ1v) is 8.17. The van der Waals surface area contributed by atoms with Crippen molar-refractivity contribution in [3.8, 4) is 0 Å². The summed E-state index contributed by atoms with van der Waals surface area (Å²) in [6.45, 7) is 9.89. The minimum absolute atomic E-state index is 0.209. The normalized spacial score (nSPS) is 12.3. The Morgan fingerprint density at radius 1 is 1.39 bits per heavy atom. The van der Waals surface area contributed by atoms with Crippen molar-refractivity contribution >= 4 is 9.84 Å². The molecule has 0 bridgehead atoms. The standard InChI is InChI=1S/C13H24N2O2S/c1-5-14-10-13-6-7-15(12(13)4)8-9-18(16,17)11(2)3/h6-7,11,14H,5,8-10H2,1-4H3. The molecule has 0 saturated heterocycles. The highest BCUT2D eigenvalue weighted by Gasteiger charge is 2.16. The van der Waals surface area contributed by atoms with Gasteiger partial charge in [-0.25, -0.2) is 8.42 Å². The molecular weight excluding hydrogens is 248 g/mol. The van der Waals surface area contributed by atoms with Gasteiger partial charge in [-0.2, -0.15) is 0 Å². The third-order valence-corrected chi connectivity index (χ3v) is 5.44. The van der Waals surface area contributed by atoms with Gasteiger partial charge in [-0.1, -0.05) is 6.92 Å². The fourth-order valence-corrected chi connectivity index (χ4v) is 2.67. The number of sulfone groups is 1. The summed E-state index contributed by atoms with van der Waals surface area (Å²) in [4.78, 5) is 0. The summed E-state index contributed by atoms with van der Waals surface area (Å²) in [6, 6.07) is 2.06. The first kappa shape index (κ1) is 15.2. The lowest BCUT2D eigenvalue weighted by Gasteiger charge is -2.10. The molecule has 18 heavy (non-hydrogen) atoms. The molecule has 0 aliphatic rings. The zero-order valence-electron chi connectivity index (χ0n) is 11.7. The Morgan fingerprint density at radius 3 is 2.61 bits per heavy atom. The van der Waals surface area contributed by atoms with Crippen molar-refractivity contribution in [3.63, 3.8) is 0 Å². The van der Waals surface area contributed by atoms with Gasteiger partial charge in [0.2, 0.25) is 0 Å². The van der Waals surface area contributed by atoms with Crippen LogP contribution in [0.4, 0.5) is 0 Å². The van der Waals surface area contributed by atoms with E-state index in [9.17, 15) is 8.42 Å². The second-order valence-corrected chi connectivity index (χ2v) is 7.49. The number of hydrogen-bond donors (Lipinski definition) is 1. The first-order chi connectivity index (χ1) is 8.38. The average Bonchev–Trinajstić information content (AvgIpc) is 2.65. The molecule has 0 amide bonds. The molecule has 1 N–H and O–H groups in total. The largest absolute Gasteiger partial charge is 0.350 e. The van der Waals surface area contributed by atoms with E-state index in [1.54, 1.807) is 13.8 Å². The van der Waals surface area contributed by atoms with Crippen LogP contribution < -0.4 is 5.32 Å². The van der Waals surface area contributed by atoms with E-state index in [0.717, 1.165) is 18.8 Å².